The number of benzene rings is 3. The number of hydrogen-bond donors (Lipinski definition) is 0. The Morgan fingerprint density at radius 3 is 2.51 bits per heavy atom. The molecule has 0 bridgehead atoms. The van der Waals surface area contributed by atoms with Crippen LogP contribution in [0.5, 0.6) is 11.5 Å². The predicted molar refractivity (Wildman–Crippen MR) is 199 cm³/mol. The number of ether oxygens (including phenoxy) is 5. The van der Waals surface area contributed by atoms with Crippen molar-refractivity contribution in [3.8, 4) is 11.5 Å². The number of anilines is 1. The number of piperidine rings is 1. The Morgan fingerprint density at radius 1 is 1.02 bits per heavy atom. The summed E-state index contributed by atoms with van der Waals surface area (Å²) >= 11 is 0. The summed E-state index contributed by atoms with van der Waals surface area (Å²) in [5.74, 6) is 1.70. The number of amides is 1. The maximum Gasteiger partial charge on any atom is 0.410 e. The van der Waals surface area contributed by atoms with Crippen LogP contribution in [0, 0.1) is 0 Å². The van der Waals surface area contributed by atoms with Crippen molar-refractivity contribution in [3.63, 3.8) is 0 Å². The van der Waals surface area contributed by atoms with Crippen LogP contribution in [0.2, 0.25) is 0 Å². The lowest BCUT2D eigenvalue weighted by Crippen LogP contribution is -2.51. The SMILES string of the molecule is COc1ccccc1COCCCOc1ccc(C2CCN(C(=O)OC(C)(C)C)CC2OCC2N(CCN=[N+]=[N-])c3ccccc3C2(C)C)cc1. The highest BCUT2D eigenvalue weighted by molar-refractivity contribution is 5.68. The van der Waals surface area contributed by atoms with Gasteiger partial charge in [-0.05, 0) is 68.1 Å². The second kappa shape index (κ2) is 17.2. The molecular weight excluding hydrogens is 646 g/mol. The molecule has 11 heteroatoms. The van der Waals surface area contributed by atoms with E-state index in [4.69, 9.17) is 29.2 Å². The van der Waals surface area contributed by atoms with Crippen molar-refractivity contribution in [2.75, 3.05) is 58.0 Å². The quantitative estimate of drug-likeness (QED) is 0.0678. The second-order valence-corrected chi connectivity index (χ2v) is 14.7. The molecule has 51 heavy (non-hydrogen) atoms. The molecule has 1 fully saturated rings. The molecule has 2 heterocycles. The van der Waals surface area contributed by atoms with Crippen molar-refractivity contribution in [2.24, 2.45) is 5.11 Å². The topological polar surface area (TPSA) is 118 Å². The molecular formula is C40H53N5O6. The molecule has 3 aromatic rings. The largest absolute Gasteiger partial charge is 0.496 e. The Bertz CT molecular complexity index is 1630. The molecule has 0 N–H and O–H groups in total. The van der Waals surface area contributed by atoms with E-state index in [1.165, 1.54) is 5.56 Å². The number of fused-ring (bicyclic) bond motifs is 1. The maximum atomic E-state index is 13.2. The summed E-state index contributed by atoms with van der Waals surface area (Å²) < 4.78 is 29.9. The molecule has 0 saturated carbocycles. The maximum absolute atomic E-state index is 13.2. The van der Waals surface area contributed by atoms with Gasteiger partial charge in [-0.3, -0.25) is 0 Å². The molecule has 0 spiro atoms. The highest BCUT2D eigenvalue weighted by Crippen LogP contribution is 2.45. The van der Waals surface area contributed by atoms with E-state index in [2.05, 4.69) is 59.1 Å². The van der Waals surface area contributed by atoms with Crippen LogP contribution in [0.1, 0.15) is 70.1 Å². The van der Waals surface area contributed by atoms with E-state index in [9.17, 15) is 4.79 Å². The third kappa shape index (κ3) is 9.67. The van der Waals surface area contributed by atoms with E-state index >= 15 is 0 Å². The number of azide groups is 1. The Labute approximate surface area is 302 Å². The van der Waals surface area contributed by atoms with Gasteiger partial charge in [0.1, 0.15) is 17.1 Å². The highest BCUT2D eigenvalue weighted by atomic mass is 16.6. The molecule has 274 valence electrons. The zero-order chi connectivity index (χ0) is 36.4. The van der Waals surface area contributed by atoms with Crippen LogP contribution in [-0.4, -0.2) is 81.8 Å². The summed E-state index contributed by atoms with van der Waals surface area (Å²) in [6.07, 6.45) is 0.923. The molecule has 1 amide bonds. The van der Waals surface area contributed by atoms with Crippen LogP contribution in [0.3, 0.4) is 0 Å². The average molecular weight is 700 g/mol. The van der Waals surface area contributed by atoms with Gasteiger partial charge in [0.15, 0.2) is 0 Å². The number of rotatable bonds is 15. The first-order valence-electron chi connectivity index (χ1n) is 17.9. The van der Waals surface area contributed by atoms with Gasteiger partial charge in [0, 0.05) is 53.6 Å². The summed E-state index contributed by atoms with van der Waals surface area (Å²) in [6.45, 7) is 14.1. The van der Waals surface area contributed by atoms with Crippen LogP contribution >= 0.6 is 0 Å². The van der Waals surface area contributed by atoms with Gasteiger partial charge in [0.2, 0.25) is 0 Å². The van der Waals surface area contributed by atoms with E-state index in [0.717, 1.165) is 41.2 Å². The number of para-hydroxylation sites is 2. The smallest absolute Gasteiger partial charge is 0.410 e. The van der Waals surface area contributed by atoms with Crippen LogP contribution in [0.4, 0.5) is 10.5 Å². The normalized spacial score (nSPS) is 19.6. The first kappa shape index (κ1) is 37.8. The Hall–Kier alpha value is -4.44. The fourth-order valence-electron chi connectivity index (χ4n) is 7.12. The lowest BCUT2D eigenvalue weighted by Gasteiger charge is -2.41. The Kier molecular flexibility index (Phi) is 12.7. The zero-order valence-corrected chi connectivity index (χ0v) is 30.9. The van der Waals surface area contributed by atoms with Crippen LogP contribution in [0.25, 0.3) is 10.4 Å². The standard InChI is InChI=1S/C40H53N5O6/c1-39(2,3)51-38(46)44-22-20-32(29-16-18-31(19-17-29)49-25-11-24-48-27-30-12-7-10-15-35(30)47-6)36(26-44)50-28-37-40(4,5)33-13-8-9-14-34(33)45(37)23-21-42-43-41/h7-10,12-19,32,36-37H,11,20-28H2,1-6H3. The monoisotopic (exact) mass is 699 g/mol. The fraction of sp³-hybridized carbons (Fsp3) is 0.525. The van der Waals surface area contributed by atoms with Gasteiger partial charge in [-0.2, -0.15) is 0 Å². The third-order valence-electron chi connectivity index (χ3n) is 9.76. The summed E-state index contributed by atoms with van der Waals surface area (Å²) in [7, 11) is 1.67. The number of methoxy groups -OCH3 is 1. The number of carbonyl (C=O) groups is 1. The Morgan fingerprint density at radius 2 is 1.76 bits per heavy atom. The average Bonchev–Trinajstić information content (AvgIpc) is 3.33. The van der Waals surface area contributed by atoms with Crippen molar-refractivity contribution in [1.82, 2.24) is 4.90 Å². The van der Waals surface area contributed by atoms with Crippen LogP contribution < -0.4 is 14.4 Å². The number of carbonyl (C=O) groups excluding carboxylic acids is 1. The van der Waals surface area contributed by atoms with Gasteiger partial charge < -0.3 is 33.5 Å². The molecule has 0 aromatic heterocycles. The van der Waals surface area contributed by atoms with E-state index in [-0.39, 0.29) is 29.6 Å². The van der Waals surface area contributed by atoms with Crippen LogP contribution in [-0.2, 0) is 26.2 Å². The molecule has 11 nitrogen and oxygen atoms in total. The molecule has 2 aliphatic heterocycles. The van der Waals surface area contributed by atoms with Gasteiger partial charge in [0.05, 0.1) is 52.2 Å². The lowest BCUT2D eigenvalue weighted by atomic mass is 9.80. The van der Waals surface area contributed by atoms with Crippen molar-refractivity contribution in [1.29, 1.82) is 0 Å². The van der Waals surface area contributed by atoms with Crippen LogP contribution in [0.15, 0.2) is 77.9 Å². The minimum Gasteiger partial charge on any atom is -0.496 e. The summed E-state index contributed by atoms with van der Waals surface area (Å²) in [4.78, 5) is 20.3. The van der Waals surface area contributed by atoms with Crippen molar-refractivity contribution in [3.05, 3.63) is 99.9 Å². The van der Waals surface area contributed by atoms with E-state index in [0.29, 0.717) is 52.6 Å². The molecule has 0 aliphatic carbocycles. The summed E-state index contributed by atoms with van der Waals surface area (Å²) in [5.41, 5.74) is 12.7. The fourth-order valence-corrected chi connectivity index (χ4v) is 7.12. The van der Waals surface area contributed by atoms with Gasteiger partial charge in [-0.15, -0.1) is 0 Å². The molecule has 3 unspecified atom stereocenters. The second-order valence-electron chi connectivity index (χ2n) is 14.7. The Balaban J connectivity index is 1.23. The van der Waals surface area contributed by atoms with Gasteiger partial charge >= 0.3 is 6.09 Å². The first-order chi connectivity index (χ1) is 24.5. The van der Waals surface area contributed by atoms with Gasteiger partial charge in [0.25, 0.3) is 0 Å². The summed E-state index contributed by atoms with van der Waals surface area (Å²) in [5, 5.41) is 3.83. The minimum absolute atomic E-state index is 0.0100. The van der Waals surface area contributed by atoms with Gasteiger partial charge in [-0.25, -0.2) is 4.79 Å². The molecule has 0 radical (unpaired) electrons. The molecule has 5 rings (SSSR count). The first-order valence-corrected chi connectivity index (χ1v) is 17.9. The van der Waals surface area contributed by atoms with E-state index < -0.39 is 5.60 Å². The number of hydrogen-bond acceptors (Lipinski definition) is 8. The molecule has 3 atom stereocenters. The highest BCUT2D eigenvalue weighted by Gasteiger charge is 2.45. The van der Waals surface area contributed by atoms with E-state index in [1.54, 1.807) is 12.0 Å². The lowest BCUT2D eigenvalue weighted by molar-refractivity contribution is -0.0365. The van der Waals surface area contributed by atoms with Crippen molar-refractivity contribution >= 4 is 11.8 Å². The summed E-state index contributed by atoms with van der Waals surface area (Å²) in [6, 6.07) is 24.5. The molecule has 3 aromatic carbocycles. The van der Waals surface area contributed by atoms with Crippen molar-refractivity contribution < 1.29 is 28.5 Å². The van der Waals surface area contributed by atoms with Gasteiger partial charge in [-0.1, -0.05) is 67.5 Å². The molecule has 1 saturated heterocycles. The number of nitrogens with zero attached hydrogens (tertiary/aromatic N) is 5. The van der Waals surface area contributed by atoms with E-state index in [1.807, 2.05) is 63.2 Å². The number of likely N-dealkylation sites (tertiary alicyclic amines) is 1. The third-order valence-corrected chi connectivity index (χ3v) is 9.76. The predicted octanol–water partition coefficient (Wildman–Crippen LogP) is 8.27. The van der Waals surface area contributed by atoms with Crippen molar-refractivity contribution in [2.45, 2.75) is 83.1 Å². The minimum atomic E-state index is -0.590. The molecule has 2 aliphatic rings. The zero-order valence-electron chi connectivity index (χ0n) is 30.9.